The van der Waals surface area contributed by atoms with E-state index in [-0.39, 0.29) is 31.2 Å². The fourth-order valence-electron chi connectivity index (χ4n) is 2.81. The summed E-state index contributed by atoms with van der Waals surface area (Å²) in [7, 11) is 0. The lowest BCUT2D eigenvalue weighted by molar-refractivity contribution is -0.149. The molecule has 10 heteroatoms. The van der Waals surface area contributed by atoms with Gasteiger partial charge in [0.1, 0.15) is 6.04 Å². The molecule has 0 radical (unpaired) electrons. The van der Waals surface area contributed by atoms with Gasteiger partial charge in [0, 0.05) is 18.8 Å². The van der Waals surface area contributed by atoms with Gasteiger partial charge in [0.05, 0.1) is 25.1 Å². The van der Waals surface area contributed by atoms with Crippen LogP contribution < -0.4 is 10.6 Å². The Morgan fingerprint density at radius 2 is 2.07 bits per heavy atom. The Hall–Kier alpha value is -2.62. The standard InChI is InChI=1S/C19H24F3N3O4/c1-12(2)11-29-17(27)9-15-18(28)23-6-7-25(15)10-16(26)24-14-5-3-4-13(8-14)19(20,21)22/h3-5,8,12,15H,6-7,9-11H2,1-2H3,(H,23,28)(H,24,26). The van der Waals surface area contributed by atoms with E-state index in [0.29, 0.717) is 13.1 Å². The van der Waals surface area contributed by atoms with Crippen molar-refractivity contribution in [2.75, 3.05) is 31.6 Å². The van der Waals surface area contributed by atoms with Crippen molar-refractivity contribution in [3.05, 3.63) is 29.8 Å². The number of benzene rings is 1. The highest BCUT2D eigenvalue weighted by Gasteiger charge is 2.34. The van der Waals surface area contributed by atoms with Gasteiger partial charge in [-0.25, -0.2) is 0 Å². The molecule has 0 bridgehead atoms. The minimum Gasteiger partial charge on any atom is -0.465 e. The Balaban J connectivity index is 1.99. The van der Waals surface area contributed by atoms with Crippen LogP contribution in [0.25, 0.3) is 0 Å². The van der Waals surface area contributed by atoms with Crippen molar-refractivity contribution in [2.45, 2.75) is 32.5 Å². The van der Waals surface area contributed by atoms with Crippen LogP contribution in [0, 0.1) is 5.92 Å². The lowest BCUT2D eigenvalue weighted by atomic mass is 10.1. The SMILES string of the molecule is CC(C)COC(=O)CC1C(=O)NCCN1CC(=O)Nc1cccc(C(F)(F)F)c1. The van der Waals surface area contributed by atoms with Gasteiger partial charge in [-0.05, 0) is 24.1 Å². The first kappa shape index (κ1) is 22.7. The second kappa shape index (κ2) is 9.73. The first-order chi connectivity index (χ1) is 13.6. The third kappa shape index (κ3) is 7.04. The van der Waals surface area contributed by atoms with Crippen LogP contribution in [0.3, 0.4) is 0 Å². The molecular weight excluding hydrogens is 391 g/mol. The van der Waals surface area contributed by atoms with E-state index in [4.69, 9.17) is 4.74 Å². The molecule has 29 heavy (non-hydrogen) atoms. The lowest BCUT2D eigenvalue weighted by Crippen LogP contribution is -2.57. The van der Waals surface area contributed by atoms with E-state index in [2.05, 4.69) is 10.6 Å². The van der Waals surface area contributed by atoms with Crippen LogP contribution >= 0.6 is 0 Å². The molecule has 1 unspecified atom stereocenters. The normalized spacial score (nSPS) is 17.7. The molecule has 7 nitrogen and oxygen atoms in total. The second-order valence-electron chi connectivity index (χ2n) is 7.19. The second-order valence-corrected chi connectivity index (χ2v) is 7.19. The Kier molecular flexibility index (Phi) is 7.60. The highest BCUT2D eigenvalue weighted by Crippen LogP contribution is 2.30. The predicted molar refractivity (Wildman–Crippen MR) is 98.9 cm³/mol. The van der Waals surface area contributed by atoms with Crippen molar-refractivity contribution >= 4 is 23.5 Å². The van der Waals surface area contributed by atoms with Crippen LogP contribution in [0.4, 0.5) is 18.9 Å². The average Bonchev–Trinajstić information content (AvgIpc) is 2.62. The molecule has 1 aromatic rings. The lowest BCUT2D eigenvalue weighted by Gasteiger charge is -2.33. The molecule has 1 saturated heterocycles. The molecule has 2 rings (SSSR count). The van der Waals surface area contributed by atoms with E-state index in [1.54, 1.807) is 0 Å². The molecule has 160 valence electrons. The number of esters is 1. The summed E-state index contributed by atoms with van der Waals surface area (Å²) in [4.78, 5) is 38.0. The Labute approximate surface area is 166 Å². The number of alkyl halides is 3. The minimum absolute atomic E-state index is 0.000760. The summed E-state index contributed by atoms with van der Waals surface area (Å²) in [6.45, 7) is 4.36. The van der Waals surface area contributed by atoms with Crippen LogP contribution in [-0.4, -0.2) is 55.0 Å². The first-order valence-corrected chi connectivity index (χ1v) is 9.20. The van der Waals surface area contributed by atoms with Gasteiger partial charge in [0.2, 0.25) is 11.8 Å². The third-order valence-corrected chi connectivity index (χ3v) is 4.20. The summed E-state index contributed by atoms with van der Waals surface area (Å²) in [5.41, 5.74) is -0.877. The molecule has 1 heterocycles. The summed E-state index contributed by atoms with van der Waals surface area (Å²) in [6, 6.07) is 3.40. The molecule has 1 aromatic carbocycles. The number of ether oxygens (including phenoxy) is 1. The van der Waals surface area contributed by atoms with Crippen LogP contribution in [0.5, 0.6) is 0 Å². The van der Waals surface area contributed by atoms with Crippen molar-refractivity contribution in [1.29, 1.82) is 0 Å². The molecule has 0 aromatic heterocycles. The molecule has 1 fully saturated rings. The number of piperazine rings is 1. The maximum absolute atomic E-state index is 12.8. The molecule has 1 atom stereocenters. The maximum Gasteiger partial charge on any atom is 0.416 e. The number of hydrogen-bond donors (Lipinski definition) is 2. The number of rotatable bonds is 7. The largest absolute Gasteiger partial charge is 0.465 e. The molecule has 1 aliphatic rings. The molecule has 1 aliphatic heterocycles. The van der Waals surface area contributed by atoms with Crippen LogP contribution in [0.2, 0.25) is 0 Å². The number of nitrogens with one attached hydrogen (secondary N) is 2. The van der Waals surface area contributed by atoms with Gasteiger partial charge in [-0.2, -0.15) is 13.2 Å². The highest BCUT2D eigenvalue weighted by molar-refractivity contribution is 5.93. The molecule has 0 spiro atoms. The summed E-state index contributed by atoms with van der Waals surface area (Å²) in [5.74, 6) is -1.39. The summed E-state index contributed by atoms with van der Waals surface area (Å²) < 4.78 is 43.5. The van der Waals surface area contributed by atoms with Crippen molar-refractivity contribution in [1.82, 2.24) is 10.2 Å². The Morgan fingerprint density at radius 3 is 2.72 bits per heavy atom. The highest BCUT2D eigenvalue weighted by atomic mass is 19.4. The topological polar surface area (TPSA) is 87.7 Å². The number of anilines is 1. The van der Waals surface area contributed by atoms with Gasteiger partial charge in [-0.15, -0.1) is 0 Å². The zero-order valence-electron chi connectivity index (χ0n) is 16.2. The van der Waals surface area contributed by atoms with Gasteiger partial charge >= 0.3 is 12.1 Å². The third-order valence-electron chi connectivity index (χ3n) is 4.20. The number of halogens is 3. The Bertz CT molecular complexity index is 752. The van der Waals surface area contributed by atoms with Crippen LogP contribution in [0.15, 0.2) is 24.3 Å². The van der Waals surface area contributed by atoms with Gasteiger partial charge in [0.15, 0.2) is 0 Å². The summed E-state index contributed by atoms with van der Waals surface area (Å²) in [5, 5.41) is 5.04. The van der Waals surface area contributed by atoms with E-state index in [1.165, 1.54) is 17.0 Å². The number of hydrogen-bond acceptors (Lipinski definition) is 5. The van der Waals surface area contributed by atoms with Crippen molar-refractivity contribution in [3.8, 4) is 0 Å². The number of carbonyl (C=O) groups is 3. The van der Waals surface area contributed by atoms with Crippen molar-refractivity contribution in [2.24, 2.45) is 5.92 Å². The van der Waals surface area contributed by atoms with E-state index in [9.17, 15) is 27.6 Å². The maximum atomic E-state index is 12.8. The molecular formula is C19H24F3N3O4. The Morgan fingerprint density at radius 1 is 1.34 bits per heavy atom. The minimum atomic E-state index is -4.52. The van der Waals surface area contributed by atoms with Gasteiger partial charge < -0.3 is 15.4 Å². The predicted octanol–water partition coefficient (Wildman–Crippen LogP) is 2.03. The molecule has 0 aliphatic carbocycles. The van der Waals surface area contributed by atoms with Gasteiger partial charge in [0.25, 0.3) is 0 Å². The van der Waals surface area contributed by atoms with Gasteiger partial charge in [-0.1, -0.05) is 19.9 Å². The molecule has 2 N–H and O–H groups in total. The van der Waals surface area contributed by atoms with Gasteiger partial charge in [-0.3, -0.25) is 19.3 Å². The number of carbonyl (C=O) groups excluding carboxylic acids is 3. The summed E-state index contributed by atoms with van der Waals surface area (Å²) >= 11 is 0. The zero-order valence-corrected chi connectivity index (χ0v) is 16.2. The average molecular weight is 415 g/mol. The number of amides is 2. The zero-order chi connectivity index (χ0) is 21.6. The summed E-state index contributed by atoms with van der Waals surface area (Å²) in [6.07, 6.45) is -4.73. The fraction of sp³-hybridized carbons (Fsp3) is 0.526. The molecule has 2 amide bonds. The fourth-order valence-corrected chi connectivity index (χ4v) is 2.81. The number of nitrogens with zero attached hydrogens (tertiary/aromatic N) is 1. The monoisotopic (exact) mass is 415 g/mol. The van der Waals surface area contributed by atoms with Crippen LogP contribution in [-0.2, 0) is 25.3 Å². The first-order valence-electron chi connectivity index (χ1n) is 9.20. The van der Waals surface area contributed by atoms with E-state index in [0.717, 1.165) is 12.1 Å². The van der Waals surface area contributed by atoms with E-state index >= 15 is 0 Å². The van der Waals surface area contributed by atoms with E-state index in [1.807, 2.05) is 13.8 Å². The molecule has 0 saturated carbocycles. The van der Waals surface area contributed by atoms with E-state index < -0.39 is 35.6 Å². The smallest absolute Gasteiger partial charge is 0.416 e. The van der Waals surface area contributed by atoms with Crippen molar-refractivity contribution < 1.29 is 32.3 Å². The quantitative estimate of drug-likeness (QED) is 0.666. The van der Waals surface area contributed by atoms with Crippen LogP contribution in [0.1, 0.15) is 25.8 Å². The van der Waals surface area contributed by atoms with Crippen molar-refractivity contribution in [3.63, 3.8) is 0 Å².